The maximum Gasteiger partial charge on any atom is 0.184 e. The molecule has 0 amide bonds. The molecule has 2 aromatic rings. The summed E-state index contributed by atoms with van der Waals surface area (Å²) in [5.74, 6) is 0.141. The second-order valence-electron chi connectivity index (χ2n) is 4.20. The van der Waals surface area contributed by atoms with Gasteiger partial charge < -0.3 is 5.32 Å². The van der Waals surface area contributed by atoms with Crippen molar-refractivity contribution in [2.24, 2.45) is 0 Å². The van der Waals surface area contributed by atoms with Gasteiger partial charge in [-0.15, -0.1) is 0 Å². The Labute approximate surface area is 108 Å². The van der Waals surface area contributed by atoms with Gasteiger partial charge in [-0.3, -0.25) is 4.79 Å². The minimum Gasteiger partial charge on any atom is -0.375 e. The van der Waals surface area contributed by atoms with Gasteiger partial charge in [0.1, 0.15) is 0 Å². The monoisotopic (exact) mass is 239 g/mol. The molecular formula is C16H17NO. The Kier molecular flexibility index (Phi) is 4.13. The van der Waals surface area contributed by atoms with E-state index in [0.29, 0.717) is 0 Å². The molecule has 2 heteroatoms. The van der Waals surface area contributed by atoms with Gasteiger partial charge in [-0.2, -0.15) is 0 Å². The zero-order chi connectivity index (χ0) is 12.8. The summed E-state index contributed by atoms with van der Waals surface area (Å²) in [7, 11) is 0. The minimum atomic E-state index is -0.171. The quantitative estimate of drug-likeness (QED) is 0.805. The normalized spacial score (nSPS) is 11.8. The van der Waals surface area contributed by atoms with Crippen LogP contribution < -0.4 is 5.32 Å². The molecular weight excluding hydrogens is 222 g/mol. The van der Waals surface area contributed by atoms with E-state index in [1.165, 1.54) is 0 Å². The van der Waals surface area contributed by atoms with E-state index in [9.17, 15) is 4.79 Å². The Balaban J connectivity index is 2.12. The van der Waals surface area contributed by atoms with E-state index >= 15 is 0 Å². The molecule has 0 fully saturated rings. The fourth-order valence-corrected chi connectivity index (χ4v) is 1.89. The molecule has 1 atom stereocenters. The van der Waals surface area contributed by atoms with Crippen LogP contribution in [0.2, 0.25) is 0 Å². The molecule has 0 aliphatic rings. The largest absolute Gasteiger partial charge is 0.375 e. The number of benzene rings is 2. The smallest absolute Gasteiger partial charge is 0.184 e. The minimum absolute atomic E-state index is 0.141. The maximum absolute atomic E-state index is 12.3. The lowest BCUT2D eigenvalue weighted by Crippen LogP contribution is -2.28. The number of carbonyl (C=O) groups excluding carboxylic acids is 1. The number of hydrogen-bond acceptors (Lipinski definition) is 2. The van der Waals surface area contributed by atoms with Gasteiger partial charge in [0.05, 0.1) is 6.04 Å². The Morgan fingerprint density at radius 1 is 1.00 bits per heavy atom. The first kappa shape index (κ1) is 12.4. The van der Waals surface area contributed by atoms with E-state index < -0.39 is 0 Å². The highest BCUT2D eigenvalue weighted by Gasteiger charge is 2.17. The molecule has 1 N–H and O–H groups in total. The van der Waals surface area contributed by atoms with Gasteiger partial charge in [-0.25, -0.2) is 0 Å². The SMILES string of the molecule is CCC(Nc1ccccc1)C(=O)c1ccccc1. The van der Waals surface area contributed by atoms with Crippen LogP contribution in [0.1, 0.15) is 23.7 Å². The number of hydrogen-bond donors (Lipinski definition) is 1. The molecule has 0 aliphatic carbocycles. The molecule has 92 valence electrons. The van der Waals surface area contributed by atoms with Crippen LogP contribution >= 0.6 is 0 Å². The average molecular weight is 239 g/mol. The number of anilines is 1. The average Bonchev–Trinajstić information content (AvgIpc) is 2.46. The summed E-state index contributed by atoms with van der Waals surface area (Å²) >= 11 is 0. The van der Waals surface area contributed by atoms with Crippen LogP contribution in [0, 0.1) is 0 Å². The first-order chi connectivity index (χ1) is 8.81. The molecule has 18 heavy (non-hydrogen) atoms. The summed E-state index contributed by atoms with van der Waals surface area (Å²) in [6.45, 7) is 2.02. The van der Waals surface area contributed by atoms with Crippen LogP contribution in [-0.2, 0) is 0 Å². The topological polar surface area (TPSA) is 29.1 Å². The fraction of sp³-hybridized carbons (Fsp3) is 0.188. The molecule has 0 aliphatic heterocycles. The van der Waals surface area contributed by atoms with Crippen LogP contribution in [0.4, 0.5) is 5.69 Å². The summed E-state index contributed by atoms with van der Waals surface area (Å²) < 4.78 is 0. The molecule has 2 nitrogen and oxygen atoms in total. The molecule has 0 spiro atoms. The zero-order valence-corrected chi connectivity index (χ0v) is 10.5. The summed E-state index contributed by atoms with van der Waals surface area (Å²) in [4.78, 5) is 12.3. The molecule has 1 unspecified atom stereocenters. The van der Waals surface area contributed by atoms with Crippen LogP contribution in [0.25, 0.3) is 0 Å². The van der Waals surface area contributed by atoms with E-state index in [1.807, 2.05) is 67.6 Å². The van der Waals surface area contributed by atoms with Crippen molar-refractivity contribution >= 4 is 11.5 Å². The van der Waals surface area contributed by atoms with Crippen LogP contribution in [0.5, 0.6) is 0 Å². The van der Waals surface area contributed by atoms with Crippen molar-refractivity contribution in [3.63, 3.8) is 0 Å². The molecule has 0 radical (unpaired) electrons. The number of Topliss-reactive ketones (excluding diaryl/α,β-unsaturated/α-hetero) is 1. The molecule has 0 saturated heterocycles. The number of rotatable bonds is 5. The Morgan fingerprint density at radius 2 is 1.56 bits per heavy atom. The maximum atomic E-state index is 12.3. The predicted octanol–water partition coefficient (Wildman–Crippen LogP) is 3.76. The van der Waals surface area contributed by atoms with Crippen molar-refractivity contribution in [2.75, 3.05) is 5.32 Å². The van der Waals surface area contributed by atoms with Crippen LogP contribution in [0.15, 0.2) is 60.7 Å². The number of para-hydroxylation sites is 1. The van der Waals surface area contributed by atoms with Gasteiger partial charge in [-0.1, -0.05) is 55.5 Å². The van der Waals surface area contributed by atoms with Gasteiger partial charge in [-0.05, 0) is 18.6 Å². The Hall–Kier alpha value is -2.09. The third-order valence-electron chi connectivity index (χ3n) is 2.90. The first-order valence-electron chi connectivity index (χ1n) is 6.22. The zero-order valence-electron chi connectivity index (χ0n) is 10.5. The van der Waals surface area contributed by atoms with Crippen molar-refractivity contribution in [1.82, 2.24) is 0 Å². The van der Waals surface area contributed by atoms with Crippen molar-refractivity contribution in [1.29, 1.82) is 0 Å². The van der Waals surface area contributed by atoms with Crippen LogP contribution in [0.3, 0.4) is 0 Å². The standard InChI is InChI=1S/C16H17NO/c1-2-15(17-14-11-7-4-8-12-14)16(18)13-9-5-3-6-10-13/h3-12,15,17H,2H2,1H3. The number of carbonyl (C=O) groups is 1. The van der Waals surface area contributed by atoms with Gasteiger partial charge in [0.25, 0.3) is 0 Å². The third-order valence-corrected chi connectivity index (χ3v) is 2.90. The summed E-state index contributed by atoms with van der Waals surface area (Å²) in [6.07, 6.45) is 0.766. The Morgan fingerprint density at radius 3 is 2.11 bits per heavy atom. The van der Waals surface area contributed by atoms with E-state index in [1.54, 1.807) is 0 Å². The van der Waals surface area contributed by atoms with Crippen molar-refractivity contribution in [2.45, 2.75) is 19.4 Å². The van der Waals surface area contributed by atoms with Crippen molar-refractivity contribution in [3.05, 3.63) is 66.2 Å². The highest BCUT2D eigenvalue weighted by Crippen LogP contribution is 2.13. The number of nitrogens with one attached hydrogen (secondary N) is 1. The van der Waals surface area contributed by atoms with Crippen molar-refractivity contribution in [3.8, 4) is 0 Å². The second kappa shape index (κ2) is 6.01. The highest BCUT2D eigenvalue weighted by molar-refractivity contribution is 6.01. The molecule has 0 saturated carbocycles. The summed E-state index contributed by atoms with van der Waals surface area (Å²) in [6, 6.07) is 19.1. The summed E-state index contributed by atoms with van der Waals surface area (Å²) in [5, 5.41) is 3.28. The lowest BCUT2D eigenvalue weighted by molar-refractivity contribution is 0.0968. The Bertz CT molecular complexity index is 493. The molecule has 2 aromatic carbocycles. The second-order valence-corrected chi connectivity index (χ2v) is 4.20. The molecule has 0 aromatic heterocycles. The van der Waals surface area contributed by atoms with Gasteiger partial charge in [0.15, 0.2) is 5.78 Å². The van der Waals surface area contributed by atoms with Gasteiger partial charge in [0, 0.05) is 11.3 Å². The van der Waals surface area contributed by atoms with Gasteiger partial charge >= 0.3 is 0 Å². The molecule has 0 heterocycles. The van der Waals surface area contributed by atoms with Crippen LogP contribution in [-0.4, -0.2) is 11.8 Å². The van der Waals surface area contributed by atoms with Gasteiger partial charge in [0.2, 0.25) is 0 Å². The summed E-state index contributed by atoms with van der Waals surface area (Å²) in [5.41, 5.74) is 1.74. The van der Waals surface area contributed by atoms with E-state index in [2.05, 4.69) is 5.32 Å². The van der Waals surface area contributed by atoms with Crippen molar-refractivity contribution < 1.29 is 4.79 Å². The number of ketones is 1. The van der Waals surface area contributed by atoms with E-state index in [-0.39, 0.29) is 11.8 Å². The first-order valence-corrected chi connectivity index (χ1v) is 6.22. The molecule has 2 rings (SSSR count). The highest BCUT2D eigenvalue weighted by atomic mass is 16.1. The van der Waals surface area contributed by atoms with E-state index in [0.717, 1.165) is 17.7 Å². The fourth-order valence-electron chi connectivity index (χ4n) is 1.89. The lowest BCUT2D eigenvalue weighted by Gasteiger charge is -2.17. The predicted molar refractivity (Wildman–Crippen MR) is 74.9 cm³/mol. The lowest BCUT2D eigenvalue weighted by atomic mass is 10.0. The third kappa shape index (κ3) is 2.98. The molecule has 0 bridgehead atoms. The van der Waals surface area contributed by atoms with E-state index in [4.69, 9.17) is 0 Å².